The normalized spacial score (nSPS) is 10.4. The molecule has 0 aliphatic carbocycles. The summed E-state index contributed by atoms with van der Waals surface area (Å²) in [6.45, 7) is 2.29. The van der Waals surface area contributed by atoms with E-state index in [9.17, 15) is 9.59 Å². The maximum absolute atomic E-state index is 12.2. The molecule has 1 heterocycles. The molecular weight excluding hydrogens is 342 g/mol. The summed E-state index contributed by atoms with van der Waals surface area (Å²) in [6, 6.07) is 18.3. The van der Waals surface area contributed by atoms with Gasteiger partial charge in [0.05, 0.1) is 12.8 Å². The highest BCUT2D eigenvalue weighted by atomic mass is 16.5. The van der Waals surface area contributed by atoms with E-state index in [-0.39, 0.29) is 18.0 Å². The second kappa shape index (κ2) is 8.31. The van der Waals surface area contributed by atoms with E-state index in [1.165, 1.54) is 10.7 Å². The molecule has 1 amide bonds. The van der Waals surface area contributed by atoms with Crippen molar-refractivity contribution < 1.29 is 9.53 Å². The van der Waals surface area contributed by atoms with Crippen LogP contribution in [0.15, 0.2) is 65.5 Å². The highest BCUT2D eigenvalue weighted by Crippen LogP contribution is 2.19. The average molecular weight is 363 g/mol. The number of benzene rings is 2. The summed E-state index contributed by atoms with van der Waals surface area (Å²) in [4.78, 5) is 24.3. The van der Waals surface area contributed by atoms with Crippen LogP contribution < -0.4 is 15.6 Å². The number of methoxy groups -OCH3 is 1. The predicted molar refractivity (Wildman–Crippen MR) is 104 cm³/mol. The van der Waals surface area contributed by atoms with Gasteiger partial charge in [-0.3, -0.25) is 9.59 Å². The summed E-state index contributed by atoms with van der Waals surface area (Å²) in [5.41, 5.74) is 3.29. The molecule has 0 unspecified atom stereocenters. The number of ether oxygens (including phenoxy) is 1. The van der Waals surface area contributed by atoms with Crippen LogP contribution in [0.3, 0.4) is 0 Å². The Morgan fingerprint density at radius 3 is 2.41 bits per heavy atom. The Kier molecular flexibility index (Phi) is 5.66. The van der Waals surface area contributed by atoms with Gasteiger partial charge in [0.1, 0.15) is 12.3 Å². The molecule has 0 atom stereocenters. The minimum Gasteiger partial charge on any atom is -0.497 e. The summed E-state index contributed by atoms with van der Waals surface area (Å²) < 4.78 is 6.31. The molecule has 1 N–H and O–H groups in total. The standard InChI is InChI=1S/C21H21N3O3/c1-15-3-5-16(6-4-15)13-22-20(25)14-24-21(26)12-11-19(23-24)17-7-9-18(27-2)10-8-17/h3-12H,13-14H2,1-2H3,(H,22,25). The van der Waals surface area contributed by atoms with Crippen molar-refractivity contribution in [3.63, 3.8) is 0 Å². The summed E-state index contributed by atoms with van der Waals surface area (Å²) in [5, 5.41) is 7.12. The van der Waals surface area contributed by atoms with Gasteiger partial charge in [-0.1, -0.05) is 29.8 Å². The second-order valence-electron chi connectivity index (χ2n) is 6.21. The number of nitrogens with one attached hydrogen (secondary N) is 1. The van der Waals surface area contributed by atoms with E-state index < -0.39 is 0 Å². The number of hydrogen-bond acceptors (Lipinski definition) is 4. The summed E-state index contributed by atoms with van der Waals surface area (Å²) in [6.07, 6.45) is 0. The molecule has 0 bridgehead atoms. The van der Waals surface area contributed by atoms with E-state index in [1.54, 1.807) is 13.2 Å². The fourth-order valence-electron chi connectivity index (χ4n) is 2.58. The molecule has 0 aliphatic heterocycles. The quantitative estimate of drug-likeness (QED) is 0.730. The molecule has 2 aromatic carbocycles. The van der Waals surface area contributed by atoms with Crippen molar-refractivity contribution in [3.8, 4) is 17.0 Å². The van der Waals surface area contributed by atoms with Crippen molar-refractivity contribution in [3.05, 3.63) is 82.1 Å². The molecule has 6 heteroatoms. The molecule has 27 heavy (non-hydrogen) atoms. The van der Waals surface area contributed by atoms with Gasteiger partial charge < -0.3 is 10.1 Å². The predicted octanol–water partition coefficient (Wildman–Crippen LogP) is 2.54. The lowest BCUT2D eigenvalue weighted by Crippen LogP contribution is -2.33. The van der Waals surface area contributed by atoms with E-state index in [1.807, 2.05) is 55.5 Å². The highest BCUT2D eigenvalue weighted by molar-refractivity contribution is 5.75. The Labute approximate surface area is 157 Å². The molecule has 138 valence electrons. The Morgan fingerprint density at radius 2 is 1.74 bits per heavy atom. The zero-order valence-electron chi connectivity index (χ0n) is 15.3. The number of carbonyl (C=O) groups excluding carboxylic acids is 1. The van der Waals surface area contributed by atoms with Crippen LogP contribution in [0.4, 0.5) is 0 Å². The van der Waals surface area contributed by atoms with Crippen LogP contribution in [-0.4, -0.2) is 22.8 Å². The largest absolute Gasteiger partial charge is 0.497 e. The first-order valence-electron chi connectivity index (χ1n) is 8.60. The van der Waals surface area contributed by atoms with Crippen molar-refractivity contribution in [2.75, 3.05) is 7.11 Å². The van der Waals surface area contributed by atoms with Crippen LogP contribution in [0.1, 0.15) is 11.1 Å². The SMILES string of the molecule is COc1ccc(-c2ccc(=O)n(CC(=O)NCc3ccc(C)cc3)n2)cc1. The third-order valence-electron chi connectivity index (χ3n) is 4.16. The zero-order chi connectivity index (χ0) is 19.2. The van der Waals surface area contributed by atoms with Crippen LogP contribution in [0.25, 0.3) is 11.3 Å². The van der Waals surface area contributed by atoms with Gasteiger partial charge in [-0.15, -0.1) is 0 Å². The number of nitrogens with zero attached hydrogens (tertiary/aromatic N) is 2. The van der Waals surface area contributed by atoms with E-state index in [2.05, 4.69) is 10.4 Å². The number of carbonyl (C=O) groups is 1. The number of hydrogen-bond donors (Lipinski definition) is 1. The first-order valence-corrected chi connectivity index (χ1v) is 8.60. The van der Waals surface area contributed by atoms with Gasteiger partial charge in [-0.25, -0.2) is 4.68 Å². The van der Waals surface area contributed by atoms with E-state index in [4.69, 9.17) is 4.74 Å². The summed E-state index contributed by atoms with van der Waals surface area (Å²) in [5.74, 6) is 0.472. The molecule has 6 nitrogen and oxygen atoms in total. The molecule has 0 spiro atoms. The zero-order valence-corrected chi connectivity index (χ0v) is 15.3. The molecule has 0 fully saturated rings. The Morgan fingerprint density at radius 1 is 1.04 bits per heavy atom. The Bertz CT molecular complexity index is 977. The van der Waals surface area contributed by atoms with Crippen molar-refractivity contribution >= 4 is 5.91 Å². The first kappa shape index (κ1) is 18.4. The van der Waals surface area contributed by atoms with E-state index in [0.717, 1.165) is 22.4 Å². The van der Waals surface area contributed by atoms with Crippen LogP contribution in [-0.2, 0) is 17.9 Å². The van der Waals surface area contributed by atoms with Crippen molar-refractivity contribution in [2.45, 2.75) is 20.0 Å². The van der Waals surface area contributed by atoms with Crippen LogP contribution in [0, 0.1) is 6.92 Å². The van der Waals surface area contributed by atoms with E-state index >= 15 is 0 Å². The van der Waals surface area contributed by atoms with Gasteiger partial charge in [0, 0.05) is 18.2 Å². The molecule has 3 rings (SSSR count). The third-order valence-corrected chi connectivity index (χ3v) is 4.16. The highest BCUT2D eigenvalue weighted by Gasteiger charge is 2.08. The first-order chi connectivity index (χ1) is 13.0. The molecule has 1 aromatic heterocycles. The fourth-order valence-corrected chi connectivity index (χ4v) is 2.58. The average Bonchev–Trinajstić information content (AvgIpc) is 2.69. The van der Waals surface area contributed by atoms with Gasteiger partial charge >= 0.3 is 0 Å². The van der Waals surface area contributed by atoms with Crippen LogP contribution in [0.2, 0.25) is 0 Å². The third kappa shape index (κ3) is 4.82. The minimum absolute atomic E-state index is 0.130. The maximum Gasteiger partial charge on any atom is 0.267 e. The van der Waals surface area contributed by atoms with Gasteiger partial charge in [-0.2, -0.15) is 5.10 Å². The number of aryl methyl sites for hydroxylation is 1. The Hall–Kier alpha value is -3.41. The lowest BCUT2D eigenvalue weighted by molar-refractivity contribution is -0.122. The fraction of sp³-hybridized carbons (Fsp3) is 0.190. The monoisotopic (exact) mass is 363 g/mol. The minimum atomic E-state index is -0.322. The Balaban J connectivity index is 1.69. The van der Waals surface area contributed by atoms with Gasteiger partial charge in [0.2, 0.25) is 5.91 Å². The molecule has 0 radical (unpaired) electrons. The molecule has 0 saturated heterocycles. The maximum atomic E-state index is 12.2. The summed E-state index contributed by atoms with van der Waals surface area (Å²) >= 11 is 0. The lowest BCUT2D eigenvalue weighted by Gasteiger charge is -2.09. The van der Waals surface area contributed by atoms with Crippen molar-refractivity contribution in [1.82, 2.24) is 15.1 Å². The number of rotatable bonds is 6. The topological polar surface area (TPSA) is 73.2 Å². The molecule has 0 saturated carbocycles. The van der Waals surface area contributed by atoms with Gasteiger partial charge in [0.15, 0.2) is 0 Å². The smallest absolute Gasteiger partial charge is 0.267 e. The van der Waals surface area contributed by atoms with Crippen LogP contribution >= 0.6 is 0 Å². The molecular formula is C21H21N3O3. The molecule has 0 aliphatic rings. The van der Waals surface area contributed by atoms with Gasteiger partial charge in [0.25, 0.3) is 5.56 Å². The molecule has 3 aromatic rings. The number of amides is 1. The lowest BCUT2D eigenvalue weighted by atomic mass is 10.1. The van der Waals surface area contributed by atoms with Crippen molar-refractivity contribution in [1.29, 1.82) is 0 Å². The second-order valence-corrected chi connectivity index (χ2v) is 6.21. The summed E-state index contributed by atoms with van der Waals surface area (Å²) in [7, 11) is 1.60. The van der Waals surface area contributed by atoms with E-state index in [0.29, 0.717) is 12.2 Å². The number of aromatic nitrogens is 2. The van der Waals surface area contributed by atoms with Gasteiger partial charge in [-0.05, 0) is 42.8 Å². The van der Waals surface area contributed by atoms with Crippen LogP contribution in [0.5, 0.6) is 5.75 Å². The van der Waals surface area contributed by atoms with Crippen molar-refractivity contribution in [2.24, 2.45) is 0 Å².